The van der Waals surface area contributed by atoms with Crippen molar-refractivity contribution >= 4 is 22.4 Å². The number of carbonyl (C=O) groups excluding carboxylic acids is 1. The summed E-state index contributed by atoms with van der Waals surface area (Å²) in [5.41, 5.74) is 0.257. The summed E-state index contributed by atoms with van der Waals surface area (Å²) in [6.45, 7) is 5.39. The van der Waals surface area contributed by atoms with Gasteiger partial charge in [-0.05, 0) is 31.2 Å². The van der Waals surface area contributed by atoms with Crippen LogP contribution in [0.5, 0.6) is 5.75 Å². The van der Waals surface area contributed by atoms with E-state index in [4.69, 9.17) is 4.74 Å². The maximum atomic E-state index is 12.4. The van der Waals surface area contributed by atoms with Gasteiger partial charge in [0.25, 0.3) is 5.91 Å². The van der Waals surface area contributed by atoms with E-state index in [1.807, 2.05) is 0 Å². The Labute approximate surface area is 133 Å². The number of aromatic nitrogens is 2. The molecule has 1 N–H and O–H groups in total. The van der Waals surface area contributed by atoms with Gasteiger partial charge in [-0.15, -0.1) is 10.2 Å². The third-order valence-corrected chi connectivity index (χ3v) is 3.54. The van der Waals surface area contributed by atoms with E-state index in [0.29, 0.717) is 5.75 Å². The summed E-state index contributed by atoms with van der Waals surface area (Å²) >= 11 is 0.262. The molecule has 0 spiro atoms. The summed E-state index contributed by atoms with van der Waals surface area (Å²) in [5.74, 6) is -0.0394. The fourth-order valence-corrected chi connectivity index (χ4v) is 2.11. The maximum Gasteiger partial charge on any atom is 0.445 e. The highest BCUT2D eigenvalue weighted by molar-refractivity contribution is 7.15. The molecular weight excluding hydrogens is 331 g/mol. The summed E-state index contributed by atoms with van der Waals surface area (Å²) < 4.78 is 42.7. The van der Waals surface area contributed by atoms with Gasteiger partial charge in [0.05, 0.1) is 0 Å². The summed E-state index contributed by atoms with van der Waals surface area (Å²) in [4.78, 5) is 12.0. The summed E-state index contributed by atoms with van der Waals surface area (Å²) in [6.07, 6.45) is -3.15. The van der Waals surface area contributed by atoms with E-state index in [0.717, 1.165) is 0 Å². The molecule has 0 saturated heterocycles. The number of nitrogens with one attached hydrogen (secondary N) is 1. The van der Waals surface area contributed by atoms with Gasteiger partial charge in [-0.1, -0.05) is 24.0 Å². The smallest absolute Gasteiger partial charge is 0.445 e. The number of carbonyl (C=O) groups is 1. The zero-order valence-corrected chi connectivity index (χ0v) is 12.7. The average Bonchev–Trinajstić information content (AvgIpc) is 2.96. The van der Waals surface area contributed by atoms with Gasteiger partial charge in [0.15, 0.2) is 0 Å². The molecular formula is C14H12F3N3O2S. The van der Waals surface area contributed by atoms with E-state index in [2.05, 4.69) is 22.1 Å². The van der Waals surface area contributed by atoms with E-state index < -0.39 is 17.1 Å². The Kier molecular flexibility index (Phi) is 4.99. The Balaban J connectivity index is 2.03. The van der Waals surface area contributed by atoms with Crippen LogP contribution in [-0.4, -0.2) is 22.2 Å². The van der Waals surface area contributed by atoms with E-state index >= 15 is 0 Å². The fraction of sp³-hybridized carbons (Fsp3) is 0.214. The second-order valence-corrected chi connectivity index (χ2v) is 5.42. The van der Waals surface area contributed by atoms with Gasteiger partial charge < -0.3 is 4.74 Å². The van der Waals surface area contributed by atoms with Gasteiger partial charge in [-0.2, -0.15) is 13.2 Å². The first-order valence-electron chi connectivity index (χ1n) is 6.41. The number of benzene rings is 1. The van der Waals surface area contributed by atoms with Crippen LogP contribution in [0.1, 0.15) is 22.3 Å². The highest BCUT2D eigenvalue weighted by Crippen LogP contribution is 2.33. The van der Waals surface area contributed by atoms with Crippen LogP contribution in [0.4, 0.5) is 18.3 Å². The minimum atomic E-state index is -4.58. The van der Waals surface area contributed by atoms with E-state index in [-0.39, 0.29) is 28.1 Å². The number of nitrogens with zero attached hydrogens (tertiary/aromatic N) is 2. The van der Waals surface area contributed by atoms with E-state index in [1.54, 1.807) is 25.1 Å². The molecule has 23 heavy (non-hydrogen) atoms. The summed E-state index contributed by atoms with van der Waals surface area (Å²) in [7, 11) is 0. The molecule has 0 unspecified atom stereocenters. The molecule has 1 atom stereocenters. The Hall–Kier alpha value is -2.42. The van der Waals surface area contributed by atoms with Crippen LogP contribution in [0, 0.1) is 0 Å². The van der Waals surface area contributed by atoms with Crippen molar-refractivity contribution in [1.82, 2.24) is 10.2 Å². The standard InChI is InChI=1S/C14H12F3N3O2S/c1-3-8(2)22-10-6-4-9(5-7-10)11(21)18-13-20-19-12(23-13)14(15,16)17/h3-8H,1H2,2H3,(H,18,20,21)/t8-/m0/s1. The van der Waals surface area contributed by atoms with Crippen LogP contribution in [-0.2, 0) is 6.18 Å². The Morgan fingerprint density at radius 2 is 2.00 bits per heavy atom. The second kappa shape index (κ2) is 6.78. The van der Waals surface area contributed by atoms with Crippen LogP contribution in [0.3, 0.4) is 0 Å². The first-order valence-corrected chi connectivity index (χ1v) is 7.22. The number of hydrogen-bond acceptors (Lipinski definition) is 5. The first kappa shape index (κ1) is 16.9. The van der Waals surface area contributed by atoms with Crippen molar-refractivity contribution in [3.8, 4) is 5.75 Å². The molecule has 0 aliphatic carbocycles. The number of rotatable bonds is 5. The number of alkyl halides is 3. The van der Waals surface area contributed by atoms with Crippen LogP contribution < -0.4 is 10.1 Å². The molecule has 1 amide bonds. The largest absolute Gasteiger partial charge is 0.487 e. The second-order valence-electron chi connectivity index (χ2n) is 4.45. The van der Waals surface area contributed by atoms with Crippen molar-refractivity contribution < 1.29 is 22.7 Å². The van der Waals surface area contributed by atoms with Gasteiger partial charge in [0.1, 0.15) is 11.9 Å². The highest BCUT2D eigenvalue weighted by atomic mass is 32.1. The lowest BCUT2D eigenvalue weighted by molar-refractivity contribution is -0.138. The van der Waals surface area contributed by atoms with Crippen molar-refractivity contribution in [1.29, 1.82) is 0 Å². The molecule has 122 valence electrons. The Bertz CT molecular complexity index is 698. The van der Waals surface area contributed by atoms with Crippen molar-refractivity contribution in [2.45, 2.75) is 19.2 Å². The van der Waals surface area contributed by atoms with Crippen LogP contribution >= 0.6 is 11.3 Å². The number of ether oxygens (including phenoxy) is 1. The van der Waals surface area contributed by atoms with Crippen molar-refractivity contribution in [3.63, 3.8) is 0 Å². The van der Waals surface area contributed by atoms with Gasteiger partial charge in [-0.25, -0.2) is 0 Å². The predicted octanol–water partition coefficient (Wildman–Crippen LogP) is 3.76. The third kappa shape index (κ3) is 4.52. The Morgan fingerprint density at radius 3 is 2.52 bits per heavy atom. The highest BCUT2D eigenvalue weighted by Gasteiger charge is 2.35. The zero-order chi connectivity index (χ0) is 17.0. The minimum absolute atomic E-state index is 0.183. The lowest BCUT2D eigenvalue weighted by Crippen LogP contribution is -2.12. The molecule has 0 saturated carbocycles. The quantitative estimate of drug-likeness (QED) is 0.840. The topological polar surface area (TPSA) is 64.1 Å². The molecule has 2 aromatic rings. The number of hydrogen-bond donors (Lipinski definition) is 1. The number of amides is 1. The molecule has 1 aromatic carbocycles. The molecule has 9 heteroatoms. The number of halogens is 3. The normalized spacial score (nSPS) is 12.5. The van der Waals surface area contributed by atoms with E-state index in [9.17, 15) is 18.0 Å². The van der Waals surface area contributed by atoms with Crippen molar-refractivity contribution in [3.05, 3.63) is 47.5 Å². The molecule has 1 aromatic heterocycles. The van der Waals surface area contributed by atoms with Gasteiger partial charge in [-0.3, -0.25) is 10.1 Å². The van der Waals surface area contributed by atoms with Gasteiger partial charge in [0.2, 0.25) is 10.1 Å². The molecule has 0 radical (unpaired) electrons. The van der Waals surface area contributed by atoms with Crippen molar-refractivity contribution in [2.24, 2.45) is 0 Å². The lowest BCUT2D eigenvalue weighted by atomic mass is 10.2. The lowest BCUT2D eigenvalue weighted by Gasteiger charge is -2.10. The SMILES string of the molecule is C=C[C@H](C)Oc1ccc(C(=O)Nc2nnc(C(F)(F)F)s2)cc1. The third-order valence-electron chi connectivity index (χ3n) is 2.66. The van der Waals surface area contributed by atoms with Gasteiger partial charge >= 0.3 is 6.18 Å². The van der Waals surface area contributed by atoms with Crippen LogP contribution in [0.2, 0.25) is 0 Å². The molecule has 0 aliphatic rings. The van der Waals surface area contributed by atoms with Crippen LogP contribution in [0.25, 0.3) is 0 Å². The maximum absolute atomic E-state index is 12.4. The zero-order valence-electron chi connectivity index (χ0n) is 11.9. The van der Waals surface area contributed by atoms with Crippen molar-refractivity contribution in [2.75, 3.05) is 5.32 Å². The first-order chi connectivity index (χ1) is 10.8. The molecule has 0 fully saturated rings. The molecule has 0 bridgehead atoms. The average molecular weight is 343 g/mol. The molecule has 1 heterocycles. The number of anilines is 1. The molecule has 0 aliphatic heterocycles. The van der Waals surface area contributed by atoms with E-state index in [1.165, 1.54) is 12.1 Å². The van der Waals surface area contributed by atoms with Gasteiger partial charge in [0, 0.05) is 5.56 Å². The van der Waals surface area contributed by atoms with Crippen LogP contribution in [0.15, 0.2) is 36.9 Å². The fourth-order valence-electron chi connectivity index (χ4n) is 1.51. The molecule has 2 rings (SSSR count). The summed E-state index contributed by atoms with van der Waals surface area (Å²) in [6, 6.07) is 6.14. The minimum Gasteiger partial charge on any atom is -0.487 e. The molecule has 5 nitrogen and oxygen atoms in total. The predicted molar refractivity (Wildman–Crippen MR) is 79.6 cm³/mol. The monoisotopic (exact) mass is 343 g/mol. The summed E-state index contributed by atoms with van der Waals surface area (Å²) in [5, 5.41) is 7.22. The Morgan fingerprint density at radius 1 is 1.35 bits per heavy atom.